The van der Waals surface area contributed by atoms with Gasteiger partial charge in [0.1, 0.15) is 11.7 Å². The number of fused-ring (bicyclic) bond motifs is 1. The lowest BCUT2D eigenvalue weighted by atomic mass is 9.54. The Balaban J connectivity index is 2.17. The van der Waals surface area contributed by atoms with E-state index in [1.165, 1.54) is 12.0 Å². The van der Waals surface area contributed by atoms with Crippen LogP contribution >= 0.6 is 0 Å². The minimum atomic E-state index is -1.82. The summed E-state index contributed by atoms with van der Waals surface area (Å²) >= 11 is 0. The maximum Gasteiger partial charge on any atom is 0.410 e. The molecule has 152 valence electrons. The lowest BCUT2D eigenvalue weighted by Gasteiger charge is -2.47. The third kappa shape index (κ3) is 3.15. The standard InChI is InChI=1S/C22H21N5O3/c1-3-30-21(28)27-9-8-16-17(10-23)20(26)22(12-24,13-25)19(18(16)11-27)14-4-6-15(29-2)7-5-14/h4-8,17-19,26H,3,9,11H2,1-2H3/t17?,18-,19-/m1/s1. The minimum Gasteiger partial charge on any atom is -0.497 e. The molecule has 8 heteroatoms. The number of carbonyl (C=O) groups excluding carboxylic acids is 1. The van der Waals surface area contributed by atoms with Crippen LogP contribution < -0.4 is 4.74 Å². The number of benzene rings is 1. The summed E-state index contributed by atoms with van der Waals surface area (Å²) in [5, 5.41) is 38.4. The lowest BCUT2D eigenvalue weighted by molar-refractivity contribution is 0.0992. The van der Waals surface area contributed by atoms with E-state index in [1.54, 1.807) is 37.3 Å². The number of nitrogens with one attached hydrogen (secondary N) is 1. The minimum absolute atomic E-state index is 0.192. The summed E-state index contributed by atoms with van der Waals surface area (Å²) < 4.78 is 10.3. The van der Waals surface area contributed by atoms with Crippen molar-refractivity contribution >= 4 is 11.8 Å². The molecule has 1 unspecified atom stereocenters. The van der Waals surface area contributed by atoms with Crippen molar-refractivity contribution in [3.63, 3.8) is 0 Å². The molecule has 1 fully saturated rings. The van der Waals surface area contributed by atoms with Gasteiger partial charge in [-0.2, -0.15) is 15.8 Å². The van der Waals surface area contributed by atoms with Crippen molar-refractivity contribution in [2.45, 2.75) is 12.8 Å². The molecule has 0 spiro atoms. The number of hydrogen-bond donors (Lipinski definition) is 1. The molecule has 1 aliphatic carbocycles. The molecule has 1 saturated carbocycles. The summed E-state index contributed by atoms with van der Waals surface area (Å²) in [7, 11) is 1.54. The van der Waals surface area contributed by atoms with Crippen LogP contribution in [0.2, 0.25) is 0 Å². The third-order valence-corrected chi connectivity index (χ3v) is 5.79. The van der Waals surface area contributed by atoms with Gasteiger partial charge < -0.3 is 19.8 Å². The van der Waals surface area contributed by atoms with Crippen LogP contribution in [-0.2, 0) is 4.74 Å². The molecule has 0 saturated heterocycles. The molecule has 1 aliphatic heterocycles. The van der Waals surface area contributed by atoms with Crippen molar-refractivity contribution in [3.05, 3.63) is 41.5 Å². The quantitative estimate of drug-likeness (QED) is 0.771. The first kappa shape index (κ1) is 20.9. The monoisotopic (exact) mass is 403 g/mol. The number of nitriles is 3. The van der Waals surface area contributed by atoms with Gasteiger partial charge in [-0.15, -0.1) is 0 Å². The Morgan fingerprint density at radius 3 is 2.47 bits per heavy atom. The first-order valence-electron chi connectivity index (χ1n) is 9.54. The maximum absolute atomic E-state index is 12.3. The Hall–Kier alpha value is -3.83. The molecule has 0 bridgehead atoms. The molecule has 30 heavy (non-hydrogen) atoms. The van der Waals surface area contributed by atoms with Gasteiger partial charge in [0, 0.05) is 24.9 Å². The van der Waals surface area contributed by atoms with E-state index in [-0.39, 0.29) is 25.4 Å². The average molecular weight is 403 g/mol. The van der Waals surface area contributed by atoms with Crippen LogP contribution in [0.15, 0.2) is 35.9 Å². The Bertz CT molecular complexity index is 995. The molecule has 0 aromatic heterocycles. The number of carbonyl (C=O) groups is 1. The second kappa shape index (κ2) is 8.27. The maximum atomic E-state index is 12.3. The molecule has 1 aromatic rings. The van der Waals surface area contributed by atoms with Crippen LogP contribution in [0, 0.1) is 56.7 Å². The zero-order valence-corrected chi connectivity index (χ0v) is 16.8. The Morgan fingerprint density at radius 2 is 1.93 bits per heavy atom. The summed E-state index contributed by atoms with van der Waals surface area (Å²) in [4.78, 5) is 13.8. The molecule has 1 aromatic carbocycles. The third-order valence-electron chi connectivity index (χ3n) is 5.79. The van der Waals surface area contributed by atoms with Gasteiger partial charge in [0.05, 0.1) is 37.6 Å². The van der Waals surface area contributed by atoms with E-state index in [0.29, 0.717) is 16.9 Å². The number of hydrogen-bond acceptors (Lipinski definition) is 7. The normalized spacial score (nSPS) is 24.4. The van der Waals surface area contributed by atoms with Crippen molar-refractivity contribution in [1.82, 2.24) is 4.90 Å². The molecule has 1 heterocycles. The van der Waals surface area contributed by atoms with Crippen molar-refractivity contribution in [1.29, 1.82) is 21.2 Å². The first-order chi connectivity index (χ1) is 14.5. The van der Waals surface area contributed by atoms with Crippen LogP contribution in [-0.4, -0.2) is 43.5 Å². The molecule has 8 nitrogen and oxygen atoms in total. The van der Waals surface area contributed by atoms with E-state index in [2.05, 4.69) is 6.07 Å². The number of rotatable bonds is 3. The molecular formula is C22H21N5O3. The van der Waals surface area contributed by atoms with Crippen LogP contribution in [0.4, 0.5) is 4.79 Å². The fourth-order valence-corrected chi connectivity index (χ4v) is 4.36. The van der Waals surface area contributed by atoms with E-state index in [0.717, 1.165) is 0 Å². The molecule has 3 rings (SSSR count). The summed E-state index contributed by atoms with van der Waals surface area (Å²) in [5.74, 6) is -1.56. The average Bonchev–Trinajstić information content (AvgIpc) is 2.78. The highest BCUT2D eigenvalue weighted by atomic mass is 16.6. The molecule has 3 atom stereocenters. The zero-order chi connectivity index (χ0) is 21.9. The Kier molecular flexibility index (Phi) is 5.76. The van der Waals surface area contributed by atoms with Crippen molar-refractivity contribution in [3.8, 4) is 24.0 Å². The van der Waals surface area contributed by atoms with Crippen LogP contribution in [0.5, 0.6) is 5.75 Å². The summed E-state index contributed by atoms with van der Waals surface area (Å²) in [5.41, 5.74) is -0.705. The van der Waals surface area contributed by atoms with Gasteiger partial charge in [-0.3, -0.25) is 0 Å². The van der Waals surface area contributed by atoms with E-state index in [4.69, 9.17) is 14.9 Å². The van der Waals surface area contributed by atoms with Gasteiger partial charge in [0.25, 0.3) is 0 Å². The number of ether oxygens (including phenoxy) is 2. The topological polar surface area (TPSA) is 134 Å². The highest BCUT2D eigenvalue weighted by Crippen LogP contribution is 2.53. The van der Waals surface area contributed by atoms with Crippen LogP contribution in [0.25, 0.3) is 0 Å². The fraction of sp³-hybridized carbons (Fsp3) is 0.409. The molecule has 2 aliphatic rings. The lowest BCUT2D eigenvalue weighted by Crippen LogP contribution is -2.53. The van der Waals surface area contributed by atoms with E-state index in [9.17, 15) is 20.6 Å². The zero-order valence-electron chi connectivity index (χ0n) is 16.8. The smallest absolute Gasteiger partial charge is 0.410 e. The first-order valence-corrected chi connectivity index (χ1v) is 9.54. The Morgan fingerprint density at radius 1 is 1.27 bits per heavy atom. The van der Waals surface area contributed by atoms with Gasteiger partial charge >= 0.3 is 6.09 Å². The van der Waals surface area contributed by atoms with E-state index >= 15 is 0 Å². The highest BCUT2D eigenvalue weighted by Gasteiger charge is 2.58. The second-order valence-corrected chi connectivity index (χ2v) is 7.17. The van der Waals surface area contributed by atoms with Crippen molar-refractivity contribution < 1.29 is 14.3 Å². The van der Waals surface area contributed by atoms with Gasteiger partial charge in [-0.05, 0) is 30.2 Å². The highest BCUT2D eigenvalue weighted by molar-refractivity contribution is 6.01. The van der Waals surface area contributed by atoms with Crippen LogP contribution in [0.1, 0.15) is 18.4 Å². The van der Waals surface area contributed by atoms with Gasteiger partial charge in [-0.25, -0.2) is 4.79 Å². The number of nitrogens with zero attached hydrogens (tertiary/aromatic N) is 4. The SMILES string of the molecule is CCOC(=O)N1CC=C2C(C#N)C(=N)C(C#N)(C#N)[C@H](c3ccc(OC)cc3)[C@@H]2C1. The number of methoxy groups -OCH3 is 1. The predicted octanol–water partition coefficient (Wildman–Crippen LogP) is 3.00. The number of amides is 1. The van der Waals surface area contributed by atoms with E-state index < -0.39 is 29.3 Å². The summed E-state index contributed by atoms with van der Waals surface area (Å²) in [6.07, 6.45) is 1.26. The van der Waals surface area contributed by atoms with Gasteiger partial charge in [0.15, 0.2) is 5.41 Å². The van der Waals surface area contributed by atoms with Crippen molar-refractivity contribution in [2.24, 2.45) is 17.3 Å². The van der Waals surface area contributed by atoms with Gasteiger partial charge in [0.2, 0.25) is 0 Å². The van der Waals surface area contributed by atoms with Crippen LogP contribution in [0.3, 0.4) is 0 Å². The second-order valence-electron chi connectivity index (χ2n) is 7.17. The molecule has 1 amide bonds. The van der Waals surface area contributed by atoms with Crippen molar-refractivity contribution in [2.75, 3.05) is 26.8 Å². The molecule has 1 N–H and O–H groups in total. The molecular weight excluding hydrogens is 382 g/mol. The summed E-state index contributed by atoms with van der Waals surface area (Å²) in [6.45, 7) is 2.38. The van der Waals surface area contributed by atoms with E-state index in [1.807, 2.05) is 12.1 Å². The molecule has 0 radical (unpaired) electrons. The predicted molar refractivity (Wildman–Crippen MR) is 106 cm³/mol. The largest absolute Gasteiger partial charge is 0.497 e. The van der Waals surface area contributed by atoms with Gasteiger partial charge in [-0.1, -0.05) is 18.2 Å². The Labute approximate surface area is 175 Å². The summed E-state index contributed by atoms with van der Waals surface area (Å²) in [6, 6.07) is 13.1. The fourth-order valence-electron chi connectivity index (χ4n) is 4.36.